The van der Waals surface area contributed by atoms with Gasteiger partial charge in [-0.25, -0.2) is 17.5 Å². The smallest absolute Gasteiger partial charge is 0.293 e. The highest BCUT2D eigenvalue weighted by Gasteiger charge is 2.35. The number of aromatic nitrogens is 2. The number of hydrogen-bond donors (Lipinski definition) is 3. The van der Waals surface area contributed by atoms with Crippen molar-refractivity contribution in [3.63, 3.8) is 0 Å². The summed E-state index contributed by atoms with van der Waals surface area (Å²) in [5.41, 5.74) is 4.54. The number of carbonyl (C=O) groups is 1. The van der Waals surface area contributed by atoms with Crippen LogP contribution in [0, 0.1) is 15.5 Å². The maximum Gasteiger partial charge on any atom is 0.293 e. The SMILES string of the molecule is CC1(C)CCC(CN2CCN(c3ccc(C(=O)NS(=O)(=O)c4ccc(NCC5(F)CCCOC5)c([N+](=O)[O-])c4)c(N4CCOc5nc6[nH]ccc6cc54)c3)CC2)=C(c2ccc(Cl)cc2)C1. The zero-order valence-electron chi connectivity index (χ0n) is 36.4. The van der Waals surface area contributed by atoms with Crippen molar-refractivity contribution >= 4 is 72.6 Å². The van der Waals surface area contributed by atoms with Gasteiger partial charge in [-0.05, 0) is 103 Å². The molecule has 2 saturated heterocycles. The Labute approximate surface area is 382 Å². The number of alkyl halides is 1. The van der Waals surface area contributed by atoms with Crippen molar-refractivity contribution in [3.05, 3.63) is 111 Å². The fourth-order valence-corrected chi connectivity index (χ4v) is 10.4. The molecule has 2 fully saturated rings. The first-order valence-corrected chi connectivity index (χ1v) is 23.8. The third-order valence-electron chi connectivity index (χ3n) is 12.9. The number of fused-ring (bicyclic) bond motifs is 2. The fraction of sp³-hybridized carbons (Fsp3) is 0.404. The van der Waals surface area contributed by atoms with Crippen LogP contribution in [0.5, 0.6) is 5.88 Å². The minimum absolute atomic E-state index is 0.0597. The largest absolute Gasteiger partial charge is 0.474 e. The molecule has 4 aliphatic rings. The van der Waals surface area contributed by atoms with E-state index < -0.39 is 37.1 Å². The molecule has 342 valence electrons. The standard InChI is InChI=1S/C47H52ClFN8O7S/c1-46(2)15-12-33(38(27-46)31-4-6-34(48)7-5-31)28-54-17-19-55(20-18-54)35-8-10-37(40(25-35)56-21-23-64-45-42(56)24-32-13-16-50-43(32)52-45)44(58)53-65(61,62)36-9-11-39(41(26-36)57(59)60)51-29-47(49)14-3-22-63-30-47/h4-11,13,16,24-26,51H,3,12,14-15,17-23,27-30H2,1-2H3,(H,50,52)(H,53,58). The van der Waals surface area contributed by atoms with Crippen LogP contribution in [0.2, 0.25) is 5.02 Å². The van der Waals surface area contributed by atoms with E-state index >= 15 is 4.39 Å². The fourth-order valence-electron chi connectivity index (χ4n) is 9.31. The van der Waals surface area contributed by atoms with Crippen LogP contribution in [0.3, 0.4) is 0 Å². The zero-order chi connectivity index (χ0) is 45.5. The molecule has 18 heteroatoms. The van der Waals surface area contributed by atoms with E-state index in [2.05, 4.69) is 55.8 Å². The molecular formula is C47H52ClFN8O7S. The summed E-state index contributed by atoms with van der Waals surface area (Å²) in [4.78, 5) is 39.6. The number of nitro benzene ring substituents is 1. The van der Waals surface area contributed by atoms with E-state index in [0.717, 1.165) is 80.2 Å². The van der Waals surface area contributed by atoms with Gasteiger partial charge in [-0.1, -0.05) is 43.2 Å². The number of piperazine rings is 1. The van der Waals surface area contributed by atoms with Gasteiger partial charge in [0.15, 0.2) is 5.67 Å². The molecule has 5 aromatic rings. The predicted octanol–water partition coefficient (Wildman–Crippen LogP) is 8.49. The molecule has 3 aromatic carbocycles. The maximum atomic E-state index is 15.3. The van der Waals surface area contributed by atoms with Gasteiger partial charge >= 0.3 is 0 Å². The quantitative estimate of drug-likeness (QED) is 0.0805. The lowest BCUT2D eigenvalue weighted by Crippen LogP contribution is -2.47. The average molecular weight is 927 g/mol. The molecule has 1 aliphatic carbocycles. The van der Waals surface area contributed by atoms with Gasteiger partial charge in [0.05, 0.1) is 40.8 Å². The first-order valence-electron chi connectivity index (χ1n) is 22.0. The van der Waals surface area contributed by atoms with Crippen LogP contribution < -0.4 is 24.6 Å². The number of halogens is 2. The van der Waals surface area contributed by atoms with Crippen molar-refractivity contribution in [1.29, 1.82) is 0 Å². The van der Waals surface area contributed by atoms with Crippen LogP contribution in [-0.4, -0.2) is 105 Å². The Morgan fingerprint density at radius 2 is 1.78 bits per heavy atom. The van der Waals surface area contributed by atoms with E-state index in [9.17, 15) is 23.3 Å². The molecule has 1 atom stereocenters. The molecule has 0 spiro atoms. The number of amides is 1. The maximum absolute atomic E-state index is 15.3. The Hall–Kier alpha value is -5.75. The molecule has 65 heavy (non-hydrogen) atoms. The highest BCUT2D eigenvalue weighted by atomic mass is 35.5. The van der Waals surface area contributed by atoms with Crippen LogP contribution in [0.25, 0.3) is 16.6 Å². The van der Waals surface area contributed by atoms with Gasteiger partial charge in [0, 0.05) is 67.7 Å². The summed E-state index contributed by atoms with van der Waals surface area (Å²) in [5.74, 6) is -0.569. The first-order chi connectivity index (χ1) is 31.1. The van der Waals surface area contributed by atoms with Crippen LogP contribution in [0.4, 0.5) is 32.8 Å². The molecule has 5 heterocycles. The van der Waals surface area contributed by atoms with Crippen molar-refractivity contribution < 1.29 is 32.0 Å². The minimum atomic E-state index is -4.65. The first kappa shape index (κ1) is 44.5. The second kappa shape index (κ2) is 17.9. The summed E-state index contributed by atoms with van der Waals surface area (Å²) < 4.78 is 56.4. The van der Waals surface area contributed by atoms with E-state index in [4.69, 9.17) is 21.1 Å². The number of nitro groups is 1. The number of allylic oxidation sites excluding steroid dienone is 1. The molecular weight excluding hydrogens is 875 g/mol. The summed E-state index contributed by atoms with van der Waals surface area (Å²) in [6, 6.07) is 20.5. The second-order valence-electron chi connectivity index (χ2n) is 18.2. The van der Waals surface area contributed by atoms with E-state index in [-0.39, 0.29) is 42.8 Å². The van der Waals surface area contributed by atoms with Crippen molar-refractivity contribution in [2.75, 3.05) is 80.8 Å². The number of hydrogen-bond acceptors (Lipinski definition) is 12. The van der Waals surface area contributed by atoms with Gasteiger partial charge in [-0.2, -0.15) is 4.98 Å². The normalized spacial score (nSPS) is 20.3. The number of benzene rings is 3. The highest BCUT2D eigenvalue weighted by Crippen LogP contribution is 2.44. The van der Waals surface area contributed by atoms with Crippen LogP contribution >= 0.6 is 11.6 Å². The van der Waals surface area contributed by atoms with E-state index in [0.29, 0.717) is 42.5 Å². The van der Waals surface area contributed by atoms with Crippen molar-refractivity contribution in [2.45, 2.75) is 56.5 Å². The third kappa shape index (κ3) is 9.64. The summed E-state index contributed by atoms with van der Waals surface area (Å²) in [5, 5.41) is 16.5. The van der Waals surface area contributed by atoms with E-state index in [1.54, 1.807) is 12.3 Å². The van der Waals surface area contributed by atoms with Gasteiger partial charge in [0.25, 0.3) is 21.6 Å². The highest BCUT2D eigenvalue weighted by molar-refractivity contribution is 7.90. The summed E-state index contributed by atoms with van der Waals surface area (Å²) in [6.07, 6.45) is 5.68. The number of aromatic amines is 1. The molecule has 1 unspecified atom stereocenters. The third-order valence-corrected chi connectivity index (χ3v) is 14.5. The number of ether oxygens (including phenoxy) is 2. The Morgan fingerprint density at radius 3 is 2.54 bits per heavy atom. The summed E-state index contributed by atoms with van der Waals surface area (Å²) in [7, 11) is -4.65. The monoisotopic (exact) mass is 926 g/mol. The number of sulfonamides is 1. The lowest BCUT2D eigenvalue weighted by Gasteiger charge is -2.39. The van der Waals surface area contributed by atoms with Gasteiger partial charge in [0.1, 0.15) is 23.6 Å². The van der Waals surface area contributed by atoms with Crippen LogP contribution in [-0.2, 0) is 14.8 Å². The molecule has 2 aromatic heterocycles. The predicted molar refractivity (Wildman–Crippen MR) is 250 cm³/mol. The van der Waals surface area contributed by atoms with Crippen molar-refractivity contribution in [2.24, 2.45) is 5.41 Å². The number of anilines is 4. The molecule has 0 bridgehead atoms. The molecule has 3 N–H and O–H groups in total. The Morgan fingerprint density at radius 1 is 0.985 bits per heavy atom. The van der Waals surface area contributed by atoms with Gasteiger partial charge < -0.3 is 29.6 Å². The molecule has 0 radical (unpaired) electrons. The van der Waals surface area contributed by atoms with Crippen LogP contribution in [0.1, 0.15) is 61.9 Å². The van der Waals surface area contributed by atoms with E-state index in [1.807, 2.05) is 41.3 Å². The average Bonchev–Trinajstić information content (AvgIpc) is 3.76. The van der Waals surface area contributed by atoms with Gasteiger partial charge in [-0.15, -0.1) is 0 Å². The molecule has 9 rings (SSSR count). The summed E-state index contributed by atoms with van der Waals surface area (Å²) in [6.45, 7) is 9.23. The number of carbonyl (C=O) groups excluding carboxylic acids is 1. The number of nitrogens with one attached hydrogen (secondary N) is 3. The molecule has 1 amide bonds. The van der Waals surface area contributed by atoms with E-state index in [1.165, 1.54) is 22.8 Å². The topological polar surface area (TPSA) is 175 Å². The number of H-pyrrole nitrogens is 1. The lowest BCUT2D eigenvalue weighted by molar-refractivity contribution is -0.384. The van der Waals surface area contributed by atoms with Crippen molar-refractivity contribution in [1.82, 2.24) is 19.6 Å². The van der Waals surface area contributed by atoms with Crippen LogP contribution in [0.15, 0.2) is 89.5 Å². The Bertz CT molecular complexity index is 2770. The minimum Gasteiger partial charge on any atom is -0.474 e. The second-order valence-corrected chi connectivity index (χ2v) is 20.3. The molecule has 3 aliphatic heterocycles. The van der Waals surface area contributed by atoms with Gasteiger partial charge in [0.2, 0.25) is 5.88 Å². The van der Waals surface area contributed by atoms with Crippen molar-refractivity contribution in [3.8, 4) is 5.88 Å². The molecule has 0 saturated carbocycles. The zero-order valence-corrected chi connectivity index (χ0v) is 37.9. The number of pyridine rings is 1. The number of rotatable bonds is 12. The molecule has 15 nitrogen and oxygen atoms in total. The Balaban J connectivity index is 0.976. The number of nitrogens with zero attached hydrogens (tertiary/aromatic N) is 5. The lowest BCUT2D eigenvalue weighted by atomic mass is 9.72. The summed E-state index contributed by atoms with van der Waals surface area (Å²) >= 11 is 6.26. The van der Waals surface area contributed by atoms with Gasteiger partial charge in [-0.3, -0.25) is 19.8 Å². The Kier molecular flexibility index (Phi) is 12.2.